The lowest BCUT2D eigenvalue weighted by Gasteiger charge is -2.32. The summed E-state index contributed by atoms with van der Waals surface area (Å²) in [7, 11) is 0. The minimum absolute atomic E-state index is 0.618. The van der Waals surface area contributed by atoms with Crippen molar-refractivity contribution in [3.63, 3.8) is 0 Å². The van der Waals surface area contributed by atoms with Gasteiger partial charge in [0.1, 0.15) is 0 Å². The van der Waals surface area contributed by atoms with E-state index < -0.39 is 0 Å². The molecular formula is C44H52Cl2N6. The summed E-state index contributed by atoms with van der Waals surface area (Å²) in [6.45, 7) is 11.2. The Morgan fingerprint density at radius 3 is 1.75 bits per heavy atom. The van der Waals surface area contributed by atoms with Crippen molar-refractivity contribution < 1.29 is 0 Å². The SMILES string of the molecule is Cc1ccc(N)cc1CCN1CCC(c2c[nH]c3c(Cl)cccc23)CC1.Cc1ccc(N)cc1CCN1CCC(c2c[nH]c3cc(Cl)ccc23)CC1. The van der Waals surface area contributed by atoms with Gasteiger partial charge in [-0.15, -0.1) is 0 Å². The van der Waals surface area contributed by atoms with Gasteiger partial charge in [-0.2, -0.15) is 0 Å². The second-order valence-corrected chi connectivity index (χ2v) is 15.8. The number of nitrogen functional groups attached to an aromatic ring is 2. The van der Waals surface area contributed by atoms with Gasteiger partial charge in [-0.3, -0.25) is 0 Å². The molecule has 0 amide bonds. The zero-order valence-corrected chi connectivity index (χ0v) is 32.0. The number of halogens is 2. The number of nitrogens with one attached hydrogen (secondary N) is 2. The lowest BCUT2D eigenvalue weighted by Crippen LogP contribution is -2.34. The summed E-state index contributed by atoms with van der Waals surface area (Å²) >= 11 is 12.4. The summed E-state index contributed by atoms with van der Waals surface area (Å²) in [5.41, 5.74) is 24.1. The summed E-state index contributed by atoms with van der Waals surface area (Å²) in [5.74, 6) is 1.25. The Hall–Kier alpha value is -3.94. The van der Waals surface area contributed by atoms with Crippen molar-refractivity contribution in [2.24, 2.45) is 0 Å². The molecule has 2 fully saturated rings. The minimum atomic E-state index is 0.618. The van der Waals surface area contributed by atoms with Crippen LogP contribution in [-0.4, -0.2) is 59.0 Å². The molecule has 0 spiro atoms. The third kappa shape index (κ3) is 8.47. The van der Waals surface area contributed by atoms with Gasteiger partial charge in [0.25, 0.3) is 0 Å². The summed E-state index contributed by atoms with van der Waals surface area (Å²) in [4.78, 5) is 11.9. The first-order valence-electron chi connectivity index (χ1n) is 18.9. The van der Waals surface area contributed by atoms with E-state index in [1.165, 1.54) is 69.8 Å². The number of hydrogen-bond acceptors (Lipinski definition) is 4. The number of anilines is 2. The molecule has 52 heavy (non-hydrogen) atoms. The van der Waals surface area contributed by atoms with Crippen molar-refractivity contribution in [3.8, 4) is 0 Å². The quantitative estimate of drug-likeness (QED) is 0.117. The number of aryl methyl sites for hydroxylation is 2. The minimum Gasteiger partial charge on any atom is -0.399 e. The van der Waals surface area contributed by atoms with Crippen molar-refractivity contribution in [1.29, 1.82) is 0 Å². The summed E-state index contributed by atoms with van der Waals surface area (Å²) in [6.07, 6.45) is 11.3. The van der Waals surface area contributed by atoms with Gasteiger partial charge < -0.3 is 31.2 Å². The van der Waals surface area contributed by atoms with E-state index in [1.54, 1.807) is 0 Å². The highest BCUT2D eigenvalue weighted by Crippen LogP contribution is 2.36. The number of aromatic amines is 2. The second-order valence-electron chi connectivity index (χ2n) is 14.9. The van der Waals surface area contributed by atoms with E-state index in [2.05, 4.69) is 82.4 Å². The molecule has 272 valence electrons. The van der Waals surface area contributed by atoms with Crippen molar-refractivity contribution >= 4 is 56.4 Å². The second kappa shape index (κ2) is 16.4. The van der Waals surface area contributed by atoms with Crippen molar-refractivity contribution in [2.75, 3.05) is 50.7 Å². The maximum Gasteiger partial charge on any atom is 0.0647 e. The molecule has 0 saturated carbocycles. The molecule has 0 bridgehead atoms. The number of benzene rings is 4. The van der Waals surface area contributed by atoms with E-state index >= 15 is 0 Å². The van der Waals surface area contributed by atoms with Crippen LogP contribution in [-0.2, 0) is 12.8 Å². The highest BCUT2D eigenvalue weighted by atomic mass is 35.5. The van der Waals surface area contributed by atoms with E-state index in [1.807, 2.05) is 36.4 Å². The van der Waals surface area contributed by atoms with Crippen LogP contribution in [0.5, 0.6) is 0 Å². The first kappa shape index (κ1) is 36.4. The molecule has 8 rings (SSSR count). The number of para-hydroxylation sites is 1. The Morgan fingerprint density at radius 1 is 0.635 bits per heavy atom. The fraction of sp³-hybridized carbons (Fsp3) is 0.364. The predicted molar refractivity (Wildman–Crippen MR) is 222 cm³/mol. The van der Waals surface area contributed by atoms with Gasteiger partial charge in [0.2, 0.25) is 0 Å². The normalized spacial score (nSPS) is 16.4. The Kier molecular flexibility index (Phi) is 11.5. The molecule has 2 aliphatic rings. The molecule has 0 atom stereocenters. The van der Waals surface area contributed by atoms with Crippen LogP contribution in [0.2, 0.25) is 10.0 Å². The van der Waals surface area contributed by atoms with Gasteiger partial charge in [0, 0.05) is 58.2 Å². The molecule has 0 aliphatic carbocycles. The van der Waals surface area contributed by atoms with Crippen LogP contribution in [0.1, 0.15) is 70.9 Å². The number of aromatic nitrogens is 2. The van der Waals surface area contributed by atoms with Crippen LogP contribution in [0.3, 0.4) is 0 Å². The first-order valence-corrected chi connectivity index (χ1v) is 19.6. The monoisotopic (exact) mass is 734 g/mol. The van der Waals surface area contributed by atoms with Crippen LogP contribution in [0.4, 0.5) is 11.4 Å². The van der Waals surface area contributed by atoms with Crippen LogP contribution in [0.15, 0.2) is 85.2 Å². The highest BCUT2D eigenvalue weighted by Gasteiger charge is 2.24. The van der Waals surface area contributed by atoms with Gasteiger partial charge in [-0.05, 0) is 166 Å². The summed E-state index contributed by atoms with van der Waals surface area (Å²) in [5, 5.41) is 4.20. The smallest absolute Gasteiger partial charge is 0.0647 e. The molecule has 8 heteroatoms. The molecule has 4 heterocycles. The van der Waals surface area contributed by atoms with E-state index in [0.29, 0.717) is 11.8 Å². The van der Waals surface area contributed by atoms with Gasteiger partial charge in [0.15, 0.2) is 0 Å². The Labute approximate surface area is 318 Å². The number of hydrogen-bond donors (Lipinski definition) is 4. The van der Waals surface area contributed by atoms with Crippen LogP contribution >= 0.6 is 23.2 Å². The molecule has 0 radical (unpaired) electrons. The van der Waals surface area contributed by atoms with Gasteiger partial charge in [-0.1, -0.05) is 53.5 Å². The molecular weight excluding hydrogens is 683 g/mol. The van der Waals surface area contributed by atoms with E-state index in [-0.39, 0.29) is 0 Å². The zero-order valence-electron chi connectivity index (χ0n) is 30.5. The topological polar surface area (TPSA) is 90.1 Å². The van der Waals surface area contributed by atoms with Crippen LogP contribution in [0.25, 0.3) is 21.8 Å². The predicted octanol–water partition coefficient (Wildman–Crippen LogP) is 10.3. The molecule has 6 aromatic rings. The van der Waals surface area contributed by atoms with Gasteiger partial charge >= 0.3 is 0 Å². The highest BCUT2D eigenvalue weighted by molar-refractivity contribution is 6.35. The van der Waals surface area contributed by atoms with E-state index in [0.717, 1.165) is 84.6 Å². The van der Waals surface area contributed by atoms with Gasteiger partial charge in [0.05, 0.1) is 10.5 Å². The van der Waals surface area contributed by atoms with Gasteiger partial charge in [-0.25, -0.2) is 0 Å². The molecule has 4 aromatic carbocycles. The number of nitrogens with zero attached hydrogens (tertiary/aromatic N) is 2. The average molecular weight is 736 g/mol. The molecule has 2 saturated heterocycles. The molecule has 6 nitrogen and oxygen atoms in total. The van der Waals surface area contributed by atoms with Crippen molar-refractivity contribution in [2.45, 2.75) is 64.2 Å². The first-order chi connectivity index (χ1) is 25.2. The maximum atomic E-state index is 6.31. The maximum absolute atomic E-state index is 6.31. The molecule has 0 unspecified atom stereocenters. The summed E-state index contributed by atoms with van der Waals surface area (Å²) < 4.78 is 0. The number of piperidine rings is 2. The van der Waals surface area contributed by atoms with Crippen LogP contribution < -0.4 is 11.5 Å². The van der Waals surface area contributed by atoms with Crippen molar-refractivity contribution in [1.82, 2.24) is 19.8 Å². The molecule has 2 aromatic heterocycles. The van der Waals surface area contributed by atoms with E-state index in [9.17, 15) is 0 Å². The number of nitrogens with two attached hydrogens (primary N) is 2. The largest absolute Gasteiger partial charge is 0.399 e. The number of fused-ring (bicyclic) bond motifs is 2. The number of rotatable bonds is 8. The standard InChI is InChI=1S/2C22H26ClN3/c1-15-2-4-19(24)12-17(15)8-11-26-9-6-16(7-10-26)21-14-25-22-13-18(23)3-5-20(21)22;1-15-5-6-18(24)13-17(15)9-12-26-10-7-16(8-11-26)20-14-25-22-19(20)3-2-4-21(22)23/h2-5,12-14,16,25H,6-11,24H2,1H3;2-6,13-14,16,25H,7-12,24H2,1H3. The Morgan fingerprint density at radius 2 is 1.17 bits per heavy atom. The Balaban J connectivity index is 0.000000162. The molecule has 2 aliphatic heterocycles. The summed E-state index contributed by atoms with van der Waals surface area (Å²) in [6, 6.07) is 24.8. The third-order valence-corrected chi connectivity index (χ3v) is 12.1. The fourth-order valence-corrected chi connectivity index (χ4v) is 8.75. The average Bonchev–Trinajstić information content (AvgIpc) is 3.78. The fourth-order valence-electron chi connectivity index (χ4n) is 8.35. The number of likely N-dealkylation sites (tertiary alicyclic amines) is 2. The van der Waals surface area contributed by atoms with Crippen LogP contribution in [0, 0.1) is 13.8 Å². The Bertz CT molecular complexity index is 2120. The molecule has 6 N–H and O–H groups in total. The number of H-pyrrole nitrogens is 2. The lowest BCUT2D eigenvalue weighted by molar-refractivity contribution is 0.215. The van der Waals surface area contributed by atoms with Crippen molar-refractivity contribution in [3.05, 3.63) is 129 Å². The zero-order chi connectivity index (χ0) is 36.2. The third-order valence-electron chi connectivity index (χ3n) is 11.6. The van der Waals surface area contributed by atoms with E-state index in [4.69, 9.17) is 34.7 Å². The lowest BCUT2D eigenvalue weighted by atomic mass is 9.89.